The molecule has 0 saturated heterocycles. The lowest BCUT2D eigenvalue weighted by Gasteiger charge is -2.25. The van der Waals surface area contributed by atoms with Gasteiger partial charge in [-0.1, -0.05) is 64.6 Å². The highest BCUT2D eigenvalue weighted by molar-refractivity contribution is 7.93. The van der Waals surface area contributed by atoms with Crippen LogP contribution in [0.25, 0.3) is 0 Å². The van der Waals surface area contributed by atoms with Crippen LogP contribution in [0.2, 0.25) is 10.0 Å². The van der Waals surface area contributed by atoms with E-state index >= 15 is 0 Å². The van der Waals surface area contributed by atoms with Crippen LogP contribution in [0.1, 0.15) is 29.5 Å². The highest BCUT2D eigenvalue weighted by Crippen LogP contribution is 2.33. The van der Waals surface area contributed by atoms with Crippen LogP contribution in [0.15, 0.2) is 77.7 Å². The number of hydrogen-bond donors (Lipinski definition) is 1. The average molecular weight is 511 g/mol. The van der Waals surface area contributed by atoms with Crippen LogP contribution in [-0.2, 0) is 14.6 Å². The van der Waals surface area contributed by atoms with Gasteiger partial charge in [0.25, 0.3) is 0 Å². The van der Waals surface area contributed by atoms with Crippen LogP contribution in [0.5, 0.6) is 0 Å². The Kier molecular flexibility index (Phi) is 8.07. The molecular formula is C27H20Cl2O4S. The number of rotatable bonds is 5. The first-order valence-corrected chi connectivity index (χ1v) is 12.4. The minimum atomic E-state index is -4.35. The number of aliphatic carboxylic acids is 1. The van der Waals surface area contributed by atoms with E-state index in [2.05, 4.69) is 23.7 Å². The van der Waals surface area contributed by atoms with Gasteiger partial charge in [-0.3, -0.25) is 4.79 Å². The van der Waals surface area contributed by atoms with Gasteiger partial charge in [-0.2, -0.15) is 0 Å². The van der Waals surface area contributed by atoms with Gasteiger partial charge >= 0.3 is 5.97 Å². The topological polar surface area (TPSA) is 71.4 Å². The lowest BCUT2D eigenvalue weighted by atomic mass is 10.00. The molecule has 0 amide bonds. The van der Waals surface area contributed by atoms with Crippen molar-refractivity contribution in [2.24, 2.45) is 0 Å². The molecule has 0 aromatic heterocycles. The lowest BCUT2D eigenvalue weighted by molar-refractivity contribution is -0.139. The second-order valence-electron chi connectivity index (χ2n) is 7.59. The number of halogens is 2. The third-order valence-corrected chi connectivity index (χ3v) is 8.03. The Bertz CT molecular complexity index is 1340. The SMILES string of the molecule is Cc1ccc(S(=O)(=O)C(CC#Cc2ccc(Cl)cc2)(CC#Cc2ccc(Cl)cc2)C(=O)O)cc1. The maximum absolute atomic E-state index is 13.6. The van der Waals surface area contributed by atoms with Gasteiger partial charge in [0.05, 0.1) is 4.90 Å². The second-order valence-corrected chi connectivity index (χ2v) is 10.7. The highest BCUT2D eigenvalue weighted by atomic mass is 35.5. The molecule has 172 valence electrons. The van der Waals surface area contributed by atoms with Crippen molar-refractivity contribution < 1.29 is 18.3 Å². The molecule has 0 radical (unpaired) electrons. The maximum atomic E-state index is 13.6. The van der Waals surface area contributed by atoms with Crippen LogP contribution >= 0.6 is 23.2 Å². The molecule has 0 bridgehead atoms. The molecule has 0 aliphatic heterocycles. The third kappa shape index (κ3) is 5.82. The van der Waals surface area contributed by atoms with Crippen molar-refractivity contribution in [3.8, 4) is 23.7 Å². The molecule has 0 saturated carbocycles. The summed E-state index contributed by atoms with van der Waals surface area (Å²) >= 11 is 11.8. The number of carbonyl (C=O) groups is 1. The highest BCUT2D eigenvalue weighted by Gasteiger charge is 2.51. The third-order valence-electron chi connectivity index (χ3n) is 5.14. The first kappa shape index (κ1) is 25.4. The van der Waals surface area contributed by atoms with E-state index in [1.54, 1.807) is 60.7 Å². The lowest BCUT2D eigenvalue weighted by Crippen LogP contribution is -2.46. The molecule has 34 heavy (non-hydrogen) atoms. The Labute approximate surface area is 209 Å². The molecular weight excluding hydrogens is 491 g/mol. The molecule has 0 heterocycles. The van der Waals surface area contributed by atoms with Crippen molar-refractivity contribution in [2.45, 2.75) is 29.4 Å². The fraction of sp³-hybridized carbons (Fsp3) is 0.148. The van der Waals surface area contributed by atoms with Gasteiger partial charge in [-0.05, 0) is 67.6 Å². The van der Waals surface area contributed by atoms with Crippen molar-refractivity contribution >= 4 is 39.0 Å². The van der Waals surface area contributed by atoms with Crippen LogP contribution < -0.4 is 0 Å². The number of sulfone groups is 1. The van der Waals surface area contributed by atoms with Crippen molar-refractivity contribution in [3.63, 3.8) is 0 Å². The minimum Gasteiger partial charge on any atom is -0.480 e. The molecule has 3 aromatic carbocycles. The van der Waals surface area contributed by atoms with Crippen LogP contribution in [-0.4, -0.2) is 24.2 Å². The zero-order valence-corrected chi connectivity index (χ0v) is 20.5. The standard InChI is InChI=1S/C27H20Cl2O4S/c1-20-6-16-25(17-7-20)34(32,33)27(26(30)31,18-2-4-21-8-12-23(28)13-9-21)19-3-5-22-10-14-24(29)15-11-22/h6-17H,18-19H2,1H3,(H,30,31). The molecule has 0 unspecified atom stereocenters. The van der Waals surface area contributed by atoms with Crippen molar-refractivity contribution in [3.05, 3.63) is 99.5 Å². The van der Waals surface area contributed by atoms with E-state index in [0.29, 0.717) is 21.2 Å². The summed E-state index contributed by atoms with van der Waals surface area (Å²) in [7, 11) is -4.35. The predicted molar refractivity (Wildman–Crippen MR) is 135 cm³/mol. The van der Waals surface area contributed by atoms with Crippen molar-refractivity contribution in [1.82, 2.24) is 0 Å². The quantitative estimate of drug-likeness (QED) is 0.441. The van der Waals surface area contributed by atoms with E-state index in [1.807, 2.05) is 6.92 Å². The number of aryl methyl sites for hydroxylation is 1. The minimum absolute atomic E-state index is 0.0953. The summed E-state index contributed by atoms with van der Waals surface area (Å²) in [6.07, 6.45) is -0.896. The number of carboxylic acid groups (broad SMARTS) is 1. The Morgan fingerprint density at radius 3 is 1.59 bits per heavy atom. The maximum Gasteiger partial charge on any atom is 0.327 e. The fourth-order valence-electron chi connectivity index (χ4n) is 3.11. The summed E-state index contributed by atoms with van der Waals surface area (Å²) < 4.78 is 25.0. The molecule has 3 rings (SSSR count). The molecule has 7 heteroatoms. The van der Waals surface area contributed by atoms with E-state index in [1.165, 1.54) is 12.1 Å². The first-order chi connectivity index (χ1) is 16.1. The van der Waals surface area contributed by atoms with Gasteiger partial charge in [0.15, 0.2) is 14.6 Å². The van der Waals surface area contributed by atoms with Gasteiger partial charge in [0.2, 0.25) is 0 Å². The van der Waals surface area contributed by atoms with Gasteiger partial charge in [0, 0.05) is 34.0 Å². The zero-order valence-electron chi connectivity index (χ0n) is 18.2. The van der Waals surface area contributed by atoms with E-state index in [4.69, 9.17) is 23.2 Å². The normalized spacial score (nSPS) is 11.0. The summed E-state index contributed by atoms with van der Waals surface area (Å²) in [4.78, 5) is 12.4. The van der Waals surface area contributed by atoms with Crippen LogP contribution in [0, 0.1) is 30.6 Å². The molecule has 1 N–H and O–H groups in total. The van der Waals surface area contributed by atoms with E-state index in [9.17, 15) is 18.3 Å². The van der Waals surface area contributed by atoms with Gasteiger partial charge < -0.3 is 5.11 Å². The summed E-state index contributed by atoms with van der Waals surface area (Å²) in [6, 6.07) is 19.3. The Morgan fingerprint density at radius 1 is 0.794 bits per heavy atom. The molecule has 4 nitrogen and oxygen atoms in total. The van der Waals surface area contributed by atoms with Gasteiger partial charge in [-0.25, -0.2) is 8.42 Å². The summed E-state index contributed by atoms with van der Waals surface area (Å²) in [5.41, 5.74) is 2.03. The number of carboxylic acids is 1. The molecule has 0 aliphatic rings. The second kappa shape index (κ2) is 10.8. The van der Waals surface area contributed by atoms with Crippen molar-refractivity contribution in [1.29, 1.82) is 0 Å². The smallest absolute Gasteiger partial charge is 0.327 e. The van der Waals surface area contributed by atoms with E-state index < -0.39 is 33.4 Å². The fourth-order valence-corrected chi connectivity index (χ4v) is 5.06. The molecule has 0 fully saturated rings. The van der Waals surface area contributed by atoms with E-state index in [-0.39, 0.29) is 4.90 Å². The molecule has 3 aromatic rings. The van der Waals surface area contributed by atoms with Gasteiger partial charge in [-0.15, -0.1) is 0 Å². The van der Waals surface area contributed by atoms with Crippen molar-refractivity contribution in [2.75, 3.05) is 0 Å². The average Bonchev–Trinajstić information content (AvgIpc) is 2.80. The Balaban J connectivity index is 2.06. The largest absolute Gasteiger partial charge is 0.480 e. The molecule has 0 spiro atoms. The zero-order chi connectivity index (χ0) is 24.8. The summed E-state index contributed by atoms with van der Waals surface area (Å²) in [6.45, 7) is 1.82. The van der Waals surface area contributed by atoms with E-state index in [0.717, 1.165) is 5.56 Å². The Hall–Kier alpha value is -3.22. The Morgan fingerprint density at radius 2 is 1.21 bits per heavy atom. The van der Waals surface area contributed by atoms with Crippen LogP contribution in [0.4, 0.5) is 0 Å². The van der Waals surface area contributed by atoms with Gasteiger partial charge in [0.1, 0.15) is 0 Å². The first-order valence-electron chi connectivity index (χ1n) is 10.2. The van der Waals surface area contributed by atoms with Crippen LogP contribution in [0.3, 0.4) is 0 Å². The number of hydrogen-bond acceptors (Lipinski definition) is 3. The molecule has 0 aliphatic carbocycles. The molecule has 0 atom stereocenters. The monoisotopic (exact) mass is 510 g/mol. The summed E-state index contributed by atoms with van der Waals surface area (Å²) in [5, 5.41) is 11.3. The summed E-state index contributed by atoms with van der Waals surface area (Å²) in [5.74, 6) is 9.65. The number of benzene rings is 3. The predicted octanol–water partition coefficient (Wildman–Crippen LogP) is 5.78.